The fraction of sp³-hybridized carbons (Fsp3) is 0.667. The molecular formula is C15H23N5O2. The van der Waals surface area contributed by atoms with E-state index in [-0.39, 0.29) is 18.5 Å². The molecule has 3 rings (SSSR count). The summed E-state index contributed by atoms with van der Waals surface area (Å²) in [5.41, 5.74) is 1.17. The van der Waals surface area contributed by atoms with Crippen LogP contribution in [0.25, 0.3) is 0 Å². The standard InChI is InChI=1S/C15H23N5O2/c1-12-8-17-19(10-12)11-13-4-2-3-5-18(13)6-7-20-14(21)9-16-15(20)22/h8,10,13H,2-7,9,11H2,1H3,(H,16,22). The molecule has 120 valence electrons. The van der Waals surface area contributed by atoms with E-state index < -0.39 is 0 Å². The van der Waals surface area contributed by atoms with E-state index in [1.165, 1.54) is 23.3 Å². The van der Waals surface area contributed by atoms with Crippen molar-refractivity contribution in [2.24, 2.45) is 0 Å². The number of likely N-dealkylation sites (tertiary alicyclic amines) is 1. The Kier molecular flexibility index (Phi) is 4.42. The molecule has 2 aliphatic heterocycles. The van der Waals surface area contributed by atoms with Gasteiger partial charge in [0, 0.05) is 25.3 Å². The van der Waals surface area contributed by atoms with Gasteiger partial charge in [0.05, 0.1) is 19.3 Å². The summed E-state index contributed by atoms with van der Waals surface area (Å²) in [6.45, 7) is 5.28. The fourth-order valence-electron chi connectivity index (χ4n) is 3.25. The first-order valence-corrected chi connectivity index (χ1v) is 7.95. The Labute approximate surface area is 130 Å². The Morgan fingerprint density at radius 2 is 2.18 bits per heavy atom. The molecule has 1 atom stereocenters. The molecule has 3 amide bonds. The summed E-state index contributed by atoms with van der Waals surface area (Å²) >= 11 is 0. The molecule has 2 aliphatic rings. The van der Waals surface area contributed by atoms with Crippen LogP contribution >= 0.6 is 0 Å². The topological polar surface area (TPSA) is 70.5 Å². The van der Waals surface area contributed by atoms with Gasteiger partial charge in [0.2, 0.25) is 5.91 Å². The first-order chi connectivity index (χ1) is 10.6. The number of aryl methyl sites for hydroxylation is 1. The number of urea groups is 1. The lowest BCUT2D eigenvalue weighted by atomic mass is 10.0. The van der Waals surface area contributed by atoms with Gasteiger partial charge in [0.15, 0.2) is 0 Å². The summed E-state index contributed by atoms with van der Waals surface area (Å²) in [6, 6.07) is 0.162. The third-order valence-corrected chi connectivity index (χ3v) is 4.46. The van der Waals surface area contributed by atoms with Gasteiger partial charge in [-0.2, -0.15) is 5.10 Å². The van der Waals surface area contributed by atoms with Gasteiger partial charge < -0.3 is 5.32 Å². The minimum atomic E-state index is -0.263. The lowest BCUT2D eigenvalue weighted by Gasteiger charge is -2.36. The van der Waals surface area contributed by atoms with E-state index in [2.05, 4.69) is 21.5 Å². The first kappa shape index (κ1) is 15.0. The predicted molar refractivity (Wildman–Crippen MR) is 81.3 cm³/mol. The molecule has 0 radical (unpaired) electrons. The van der Waals surface area contributed by atoms with Crippen LogP contribution in [0, 0.1) is 6.92 Å². The van der Waals surface area contributed by atoms with Crippen LogP contribution in [-0.4, -0.2) is 63.7 Å². The number of aromatic nitrogens is 2. The average Bonchev–Trinajstić information content (AvgIpc) is 3.05. The summed E-state index contributed by atoms with van der Waals surface area (Å²) in [5.74, 6) is -0.124. The number of nitrogens with zero attached hydrogens (tertiary/aromatic N) is 4. The van der Waals surface area contributed by atoms with Crippen molar-refractivity contribution in [3.8, 4) is 0 Å². The van der Waals surface area contributed by atoms with Crippen molar-refractivity contribution in [1.82, 2.24) is 24.9 Å². The smallest absolute Gasteiger partial charge is 0.324 e. The molecule has 22 heavy (non-hydrogen) atoms. The highest BCUT2D eigenvalue weighted by Crippen LogP contribution is 2.18. The quantitative estimate of drug-likeness (QED) is 0.809. The molecule has 1 aromatic heterocycles. The van der Waals surface area contributed by atoms with Crippen molar-refractivity contribution >= 4 is 11.9 Å². The summed E-state index contributed by atoms with van der Waals surface area (Å²) in [4.78, 5) is 26.9. The Hall–Kier alpha value is -1.89. The van der Waals surface area contributed by atoms with Gasteiger partial charge in [-0.05, 0) is 31.9 Å². The minimum Gasteiger partial charge on any atom is -0.329 e. The number of rotatable bonds is 5. The highest BCUT2D eigenvalue weighted by Gasteiger charge is 2.30. The fourth-order valence-corrected chi connectivity index (χ4v) is 3.25. The lowest BCUT2D eigenvalue weighted by molar-refractivity contribution is -0.125. The van der Waals surface area contributed by atoms with Gasteiger partial charge in [-0.3, -0.25) is 19.3 Å². The third kappa shape index (κ3) is 3.30. The lowest BCUT2D eigenvalue weighted by Crippen LogP contribution is -2.46. The van der Waals surface area contributed by atoms with Crippen LogP contribution in [-0.2, 0) is 11.3 Å². The van der Waals surface area contributed by atoms with E-state index in [4.69, 9.17) is 0 Å². The Balaban J connectivity index is 1.57. The van der Waals surface area contributed by atoms with Gasteiger partial charge in [-0.15, -0.1) is 0 Å². The van der Waals surface area contributed by atoms with Crippen molar-refractivity contribution in [3.63, 3.8) is 0 Å². The molecule has 1 aromatic rings. The van der Waals surface area contributed by atoms with Crippen LogP contribution in [0.3, 0.4) is 0 Å². The van der Waals surface area contributed by atoms with E-state index in [1.54, 1.807) is 0 Å². The van der Waals surface area contributed by atoms with Gasteiger partial charge in [-0.25, -0.2) is 4.79 Å². The number of piperidine rings is 1. The first-order valence-electron chi connectivity index (χ1n) is 7.95. The van der Waals surface area contributed by atoms with Crippen LogP contribution in [0.4, 0.5) is 4.79 Å². The van der Waals surface area contributed by atoms with Crippen molar-refractivity contribution in [2.75, 3.05) is 26.2 Å². The van der Waals surface area contributed by atoms with Gasteiger partial charge >= 0.3 is 6.03 Å². The van der Waals surface area contributed by atoms with Gasteiger partial charge in [0.25, 0.3) is 0 Å². The number of hydrogen-bond donors (Lipinski definition) is 1. The van der Waals surface area contributed by atoms with Crippen LogP contribution in [0.5, 0.6) is 0 Å². The third-order valence-electron chi connectivity index (χ3n) is 4.46. The second-order valence-corrected chi connectivity index (χ2v) is 6.13. The zero-order chi connectivity index (χ0) is 15.5. The van der Waals surface area contributed by atoms with Crippen molar-refractivity contribution in [1.29, 1.82) is 0 Å². The molecule has 2 fully saturated rings. The molecule has 0 spiro atoms. The van der Waals surface area contributed by atoms with Crippen LogP contribution < -0.4 is 5.32 Å². The Bertz CT molecular complexity index is 540. The Morgan fingerprint density at radius 1 is 1.32 bits per heavy atom. The number of carbonyl (C=O) groups excluding carboxylic acids is 2. The SMILES string of the molecule is Cc1cnn(CC2CCCCN2CCN2C(=O)CNC2=O)c1. The molecule has 7 nitrogen and oxygen atoms in total. The van der Waals surface area contributed by atoms with E-state index in [0.717, 1.165) is 26.1 Å². The highest BCUT2D eigenvalue weighted by atomic mass is 16.2. The maximum absolute atomic E-state index is 11.6. The highest BCUT2D eigenvalue weighted by molar-refractivity contribution is 6.01. The molecule has 7 heteroatoms. The maximum atomic E-state index is 11.6. The molecule has 2 saturated heterocycles. The van der Waals surface area contributed by atoms with Crippen LogP contribution in [0.2, 0.25) is 0 Å². The second kappa shape index (κ2) is 6.48. The summed E-state index contributed by atoms with van der Waals surface area (Å²) in [5, 5.41) is 6.93. The van der Waals surface area contributed by atoms with E-state index in [1.807, 2.05) is 17.8 Å². The summed E-state index contributed by atoms with van der Waals surface area (Å²) < 4.78 is 1.99. The monoisotopic (exact) mass is 305 g/mol. The molecule has 0 bridgehead atoms. The average molecular weight is 305 g/mol. The zero-order valence-electron chi connectivity index (χ0n) is 13.0. The van der Waals surface area contributed by atoms with Crippen molar-refractivity contribution in [3.05, 3.63) is 18.0 Å². The van der Waals surface area contributed by atoms with Gasteiger partial charge in [-0.1, -0.05) is 6.42 Å². The van der Waals surface area contributed by atoms with E-state index in [9.17, 15) is 9.59 Å². The van der Waals surface area contributed by atoms with Gasteiger partial charge in [0.1, 0.15) is 0 Å². The Morgan fingerprint density at radius 3 is 2.86 bits per heavy atom. The molecule has 3 heterocycles. The molecular weight excluding hydrogens is 282 g/mol. The molecule has 0 saturated carbocycles. The number of hydrogen-bond acceptors (Lipinski definition) is 4. The molecule has 1 N–H and O–H groups in total. The largest absolute Gasteiger partial charge is 0.329 e. The predicted octanol–water partition coefficient (Wildman–Crippen LogP) is 0.598. The van der Waals surface area contributed by atoms with E-state index >= 15 is 0 Å². The maximum Gasteiger partial charge on any atom is 0.324 e. The summed E-state index contributed by atoms with van der Waals surface area (Å²) in [7, 11) is 0. The molecule has 1 unspecified atom stereocenters. The number of nitrogens with one attached hydrogen (secondary N) is 1. The molecule has 0 aliphatic carbocycles. The van der Waals surface area contributed by atoms with Crippen LogP contribution in [0.15, 0.2) is 12.4 Å². The normalized spacial score (nSPS) is 23.1. The number of carbonyl (C=O) groups is 2. The molecule has 0 aromatic carbocycles. The van der Waals surface area contributed by atoms with E-state index in [0.29, 0.717) is 12.6 Å². The number of imide groups is 1. The van der Waals surface area contributed by atoms with Crippen LogP contribution in [0.1, 0.15) is 24.8 Å². The van der Waals surface area contributed by atoms with Crippen molar-refractivity contribution in [2.45, 2.75) is 38.8 Å². The summed E-state index contributed by atoms with van der Waals surface area (Å²) in [6.07, 6.45) is 7.48. The number of amides is 3. The second-order valence-electron chi connectivity index (χ2n) is 6.13. The zero-order valence-corrected chi connectivity index (χ0v) is 13.0. The van der Waals surface area contributed by atoms with Crippen molar-refractivity contribution < 1.29 is 9.59 Å². The minimum absolute atomic E-state index is 0.124.